The van der Waals surface area contributed by atoms with E-state index in [2.05, 4.69) is 10.0 Å². The van der Waals surface area contributed by atoms with Gasteiger partial charge in [-0.15, -0.1) is 0 Å². The summed E-state index contributed by atoms with van der Waals surface area (Å²) in [5, 5.41) is 2.63. The number of hydrogen-bond donors (Lipinski definition) is 2. The Morgan fingerprint density at radius 1 is 0.871 bits per heavy atom. The molecule has 0 atom stereocenters. The monoisotopic (exact) mass is 438 g/mol. The minimum absolute atomic E-state index is 0.138. The van der Waals surface area contributed by atoms with Crippen LogP contribution in [-0.4, -0.2) is 21.0 Å². The molecule has 4 saturated carbocycles. The quantitative estimate of drug-likeness (QED) is 0.703. The van der Waals surface area contributed by atoms with Gasteiger partial charge in [-0.1, -0.05) is 42.5 Å². The highest BCUT2D eigenvalue weighted by Crippen LogP contribution is 2.60. The van der Waals surface area contributed by atoms with Crippen molar-refractivity contribution in [2.24, 2.45) is 17.8 Å². The Morgan fingerprint density at radius 3 is 2.03 bits per heavy atom. The minimum atomic E-state index is -3.89. The van der Waals surface area contributed by atoms with Crippen molar-refractivity contribution in [2.75, 3.05) is 6.54 Å². The van der Waals surface area contributed by atoms with Crippen molar-refractivity contribution in [1.82, 2.24) is 10.0 Å². The smallest absolute Gasteiger partial charge is 0.328 e. The molecule has 0 radical (unpaired) electrons. The Morgan fingerprint density at radius 2 is 1.45 bits per heavy atom. The van der Waals surface area contributed by atoms with Crippen LogP contribution in [0, 0.1) is 17.8 Å². The molecule has 6 heteroatoms. The standard InChI is InChI=1S/C25H30N2O3S/c28-24(26-11-10-18-4-2-1-3-5-18)27-31(29,30)23-8-6-22(7-9-23)25-15-19-12-20(16-25)14-21(13-19)17-25/h1-9,19-21H,10-17H2,(H2,26,27,28). The van der Waals surface area contributed by atoms with E-state index in [4.69, 9.17) is 0 Å². The number of sulfonamides is 1. The molecule has 4 bridgehead atoms. The molecule has 4 aliphatic carbocycles. The van der Waals surface area contributed by atoms with Crippen molar-refractivity contribution >= 4 is 16.1 Å². The van der Waals surface area contributed by atoms with Gasteiger partial charge in [0.1, 0.15) is 0 Å². The van der Waals surface area contributed by atoms with Crippen molar-refractivity contribution in [3.05, 3.63) is 65.7 Å². The Kier molecular flexibility index (Phi) is 5.29. The highest BCUT2D eigenvalue weighted by atomic mass is 32.2. The largest absolute Gasteiger partial charge is 0.337 e. The first-order valence-electron chi connectivity index (χ1n) is 11.4. The molecule has 31 heavy (non-hydrogen) atoms. The van der Waals surface area contributed by atoms with Crippen molar-refractivity contribution in [1.29, 1.82) is 0 Å². The number of carbonyl (C=O) groups excluding carboxylic acids is 1. The van der Waals surface area contributed by atoms with E-state index in [1.54, 1.807) is 12.1 Å². The fourth-order valence-corrected chi connectivity index (χ4v) is 7.56. The van der Waals surface area contributed by atoms with Crippen LogP contribution in [0.3, 0.4) is 0 Å². The second-order valence-corrected chi connectivity index (χ2v) is 11.5. The maximum Gasteiger partial charge on any atom is 0.328 e. The second-order valence-electron chi connectivity index (χ2n) is 9.82. The van der Waals surface area contributed by atoms with E-state index in [1.807, 2.05) is 42.5 Å². The molecule has 4 aliphatic rings. The summed E-state index contributed by atoms with van der Waals surface area (Å²) in [5.41, 5.74) is 2.60. The first-order valence-corrected chi connectivity index (χ1v) is 12.9. The first kappa shape index (κ1) is 20.6. The Labute approximate surface area is 184 Å². The predicted octanol–water partition coefficient (Wildman–Crippen LogP) is 4.39. The summed E-state index contributed by atoms with van der Waals surface area (Å²) in [6.45, 7) is 0.371. The summed E-state index contributed by atoms with van der Waals surface area (Å²) in [4.78, 5) is 12.3. The van der Waals surface area contributed by atoms with Gasteiger partial charge in [0, 0.05) is 6.54 Å². The van der Waals surface area contributed by atoms with E-state index >= 15 is 0 Å². The molecular weight excluding hydrogens is 408 g/mol. The zero-order valence-electron chi connectivity index (χ0n) is 17.7. The second kappa shape index (κ2) is 7.97. The lowest BCUT2D eigenvalue weighted by Gasteiger charge is -2.57. The van der Waals surface area contributed by atoms with Crippen LogP contribution in [0.1, 0.15) is 49.7 Å². The van der Waals surface area contributed by atoms with Crippen LogP contribution in [0.5, 0.6) is 0 Å². The normalized spacial score (nSPS) is 29.0. The van der Waals surface area contributed by atoms with Gasteiger partial charge in [-0.3, -0.25) is 0 Å². The molecule has 5 nitrogen and oxygen atoms in total. The molecule has 0 spiro atoms. The maximum absolute atomic E-state index is 12.7. The number of urea groups is 1. The van der Waals surface area contributed by atoms with Crippen LogP contribution in [0.25, 0.3) is 0 Å². The van der Waals surface area contributed by atoms with Gasteiger partial charge >= 0.3 is 6.03 Å². The van der Waals surface area contributed by atoms with E-state index in [0.717, 1.165) is 23.3 Å². The average Bonchev–Trinajstić information content (AvgIpc) is 2.73. The van der Waals surface area contributed by atoms with Gasteiger partial charge in [-0.25, -0.2) is 17.9 Å². The predicted molar refractivity (Wildman–Crippen MR) is 120 cm³/mol. The molecular formula is C25H30N2O3S. The van der Waals surface area contributed by atoms with Crippen LogP contribution in [0.2, 0.25) is 0 Å². The van der Waals surface area contributed by atoms with Gasteiger partial charge in [0.2, 0.25) is 0 Å². The molecule has 0 aliphatic heterocycles. The highest BCUT2D eigenvalue weighted by Gasteiger charge is 2.51. The van der Waals surface area contributed by atoms with Crippen LogP contribution in [-0.2, 0) is 21.9 Å². The minimum Gasteiger partial charge on any atom is -0.337 e. The molecule has 0 heterocycles. The third-order valence-electron chi connectivity index (χ3n) is 7.58. The maximum atomic E-state index is 12.7. The third-order valence-corrected chi connectivity index (χ3v) is 8.93. The van der Waals surface area contributed by atoms with Crippen LogP contribution in [0.15, 0.2) is 59.5 Å². The molecule has 0 aromatic heterocycles. The molecule has 2 aromatic carbocycles. The zero-order chi connectivity index (χ0) is 21.5. The van der Waals surface area contributed by atoms with Crippen LogP contribution in [0.4, 0.5) is 4.79 Å². The van der Waals surface area contributed by atoms with Crippen molar-refractivity contribution in [2.45, 2.75) is 55.3 Å². The molecule has 4 fully saturated rings. The van der Waals surface area contributed by atoms with Gasteiger partial charge in [0.05, 0.1) is 4.90 Å². The van der Waals surface area contributed by atoms with E-state index in [-0.39, 0.29) is 10.3 Å². The van der Waals surface area contributed by atoms with Crippen LogP contribution >= 0.6 is 0 Å². The number of hydrogen-bond acceptors (Lipinski definition) is 3. The van der Waals surface area contributed by atoms with E-state index in [9.17, 15) is 13.2 Å². The number of amides is 2. The van der Waals surface area contributed by atoms with Crippen LogP contribution < -0.4 is 10.0 Å². The number of rotatable bonds is 6. The number of nitrogens with one attached hydrogen (secondary N) is 2. The van der Waals surface area contributed by atoms with E-state index < -0.39 is 16.1 Å². The molecule has 2 amide bonds. The summed E-state index contributed by atoms with van der Waals surface area (Å²) in [6, 6.07) is 16.3. The molecule has 164 valence electrons. The lowest BCUT2D eigenvalue weighted by molar-refractivity contribution is -0.00521. The fourth-order valence-electron chi connectivity index (χ4n) is 6.63. The first-order chi connectivity index (χ1) is 14.9. The van der Waals surface area contributed by atoms with Crippen molar-refractivity contribution < 1.29 is 13.2 Å². The molecule has 2 N–H and O–H groups in total. The van der Waals surface area contributed by atoms with Gasteiger partial charge in [-0.05, 0) is 91.4 Å². The average molecular weight is 439 g/mol. The molecule has 6 rings (SSSR count). The molecule has 0 saturated heterocycles. The summed E-state index contributed by atoms with van der Waals surface area (Å²) in [5.74, 6) is 2.53. The molecule has 2 aromatic rings. The zero-order valence-corrected chi connectivity index (χ0v) is 18.5. The molecule has 0 unspecified atom stereocenters. The fraction of sp³-hybridized carbons (Fsp3) is 0.480. The lowest BCUT2D eigenvalue weighted by Crippen LogP contribution is -2.48. The topological polar surface area (TPSA) is 75.3 Å². The Balaban J connectivity index is 1.21. The number of benzene rings is 2. The highest BCUT2D eigenvalue weighted by molar-refractivity contribution is 7.90. The summed E-state index contributed by atoms with van der Waals surface area (Å²) < 4.78 is 27.5. The van der Waals surface area contributed by atoms with Crippen molar-refractivity contribution in [3.63, 3.8) is 0 Å². The van der Waals surface area contributed by atoms with Crippen molar-refractivity contribution in [3.8, 4) is 0 Å². The van der Waals surface area contributed by atoms with Gasteiger partial charge < -0.3 is 5.32 Å². The Bertz CT molecular complexity index is 1010. The third kappa shape index (κ3) is 4.22. The van der Waals surface area contributed by atoms with Gasteiger partial charge in [-0.2, -0.15) is 0 Å². The van der Waals surface area contributed by atoms with E-state index in [1.165, 1.54) is 44.1 Å². The SMILES string of the molecule is O=C(NCCc1ccccc1)NS(=O)(=O)c1ccc(C23CC4CC(CC(C4)C2)C3)cc1. The van der Waals surface area contributed by atoms with Gasteiger partial charge in [0.15, 0.2) is 0 Å². The Hall–Kier alpha value is -2.34. The summed E-state index contributed by atoms with van der Waals surface area (Å²) >= 11 is 0. The van der Waals surface area contributed by atoms with Gasteiger partial charge in [0.25, 0.3) is 10.0 Å². The summed E-state index contributed by atoms with van der Waals surface area (Å²) in [6.07, 6.45) is 8.53. The number of carbonyl (C=O) groups is 1. The van der Waals surface area contributed by atoms with E-state index in [0.29, 0.717) is 13.0 Å². The lowest BCUT2D eigenvalue weighted by atomic mass is 9.48. The summed E-state index contributed by atoms with van der Waals surface area (Å²) in [7, 11) is -3.89.